The van der Waals surface area contributed by atoms with Crippen LogP contribution < -0.4 is 0 Å². The molecule has 0 N–H and O–H groups in total. The quantitative estimate of drug-likeness (QED) is 0.248. The highest BCUT2D eigenvalue weighted by atomic mass is 19.4. The van der Waals surface area contributed by atoms with Gasteiger partial charge in [-0.25, -0.2) is 0 Å². The molecule has 0 saturated heterocycles. The molecule has 0 unspecified atom stereocenters. The van der Waals surface area contributed by atoms with Crippen LogP contribution in [0.2, 0.25) is 0 Å². The molecule has 2 aromatic carbocycles. The van der Waals surface area contributed by atoms with Crippen molar-refractivity contribution in [2.45, 2.75) is 60.3 Å². The maximum atomic E-state index is 13.3. The fourth-order valence-corrected chi connectivity index (χ4v) is 2.72. The smallest absolute Gasteiger partial charge is 0.193 e. The molecule has 0 heterocycles. The van der Waals surface area contributed by atoms with E-state index in [1.807, 2.05) is 33.8 Å². The lowest BCUT2D eigenvalue weighted by molar-refractivity contribution is -0.141. The molecule has 2 rings (SSSR count). The van der Waals surface area contributed by atoms with Crippen molar-refractivity contribution in [3.05, 3.63) is 89.0 Å². The van der Waals surface area contributed by atoms with Crippen molar-refractivity contribution in [2.75, 3.05) is 0 Å². The first-order valence-electron chi connectivity index (χ1n) is 10.4. The number of hydrogen-bond acceptors (Lipinski definition) is 1. The third-order valence-electron chi connectivity index (χ3n) is 4.27. The van der Waals surface area contributed by atoms with Crippen molar-refractivity contribution in [3.8, 4) is 6.07 Å². The van der Waals surface area contributed by atoms with Crippen molar-refractivity contribution in [2.24, 2.45) is 0 Å². The minimum absolute atomic E-state index is 0.342. The Balaban J connectivity index is 0. The number of allylic oxidation sites excluding steroid dienone is 2. The zero-order chi connectivity index (χ0) is 26.4. The average Bonchev–Trinajstić information content (AvgIpc) is 2.81. The maximum absolute atomic E-state index is 13.3. The van der Waals surface area contributed by atoms with Crippen molar-refractivity contribution in [3.63, 3.8) is 0 Å². The van der Waals surface area contributed by atoms with E-state index in [1.165, 1.54) is 0 Å². The Hall–Kier alpha value is -3.01. The minimum atomic E-state index is -4.78. The summed E-state index contributed by atoms with van der Waals surface area (Å²) in [5.41, 5.74) is -0.827. The number of nitrogens with zero attached hydrogens (tertiary/aromatic N) is 1. The molecule has 0 amide bonds. The first-order valence-corrected chi connectivity index (χ1v) is 10.4. The number of rotatable bonds is 3. The predicted octanol–water partition coefficient (Wildman–Crippen LogP) is 9.49. The third kappa shape index (κ3) is 9.56. The maximum Gasteiger partial charge on any atom is 0.416 e. The van der Waals surface area contributed by atoms with Crippen LogP contribution in [0.25, 0.3) is 5.57 Å². The lowest BCUT2D eigenvalue weighted by atomic mass is 9.91. The van der Waals surface area contributed by atoms with Gasteiger partial charge in [0.15, 0.2) is 0 Å². The Morgan fingerprint density at radius 2 is 1.33 bits per heavy atom. The number of alkyl halides is 6. The van der Waals surface area contributed by atoms with E-state index in [2.05, 4.69) is 13.2 Å². The van der Waals surface area contributed by atoms with E-state index in [-0.39, 0.29) is 6.42 Å². The largest absolute Gasteiger partial charge is 0.416 e. The Morgan fingerprint density at radius 3 is 1.79 bits per heavy atom. The van der Waals surface area contributed by atoms with Gasteiger partial charge in [0, 0.05) is 5.57 Å². The van der Waals surface area contributed by atoms with Gasteiger partial charge in [-0.3, -0.25) is 0 Å². The molecule has 0 aliphatic rings. The first kappa shape index (κ1) is 32.2. The highest BCUT2D eigenvalue weighted by molar-refractivity contribution is 5.72. The van der Waals surface area contributed by atoms with Gasteiger partial charge in [0.2, 0.25) is 0 Å². The monoisotopic (exact) mass is 471 g/mol. The average molecular weight is 472 g/mol. The highest BCUT2D eigenvalue weighted by Gasteiger charge is 2.37. The second-order valence-electron chi connectivity index (χ2n) is 6.06. The predicted molar refractivity (Wildman–Crippen MR) is 124 cm³/mol. The molecule has 0 radical (unpaired) electrons. The summed E-state index contributed by atoms with van der Waals surface area (Å²) in [6.45, 7) is 17.2. The highest BCUT2D eigenvalue weighted by Crippen LogP contribution is 2.38. The molecule has 0 saturated carbocycles. The molecule has 0 bridgehead atoms. The Morgan fingerprint density at radius 1 is 0.818 bits per heavy atom. The Kier molecular flexibility index (Phi) is 14.6. The Labute approximate surface area is 193 Å². The fourth-order valence-electron chi connectivity index (χ4n) is 2.72. The molecular formula is C26H31F6N. The summed E-state index contributed by atoms with van der Waals surface area (Å²) >= 11 is 0. The summed E-state index contributed by atoms with van der Waals surface area (Å²) in [5, 5.41) is 9.04. The molecule has 182 valence electrons. The molecule has 0 aliphatic heterocycles. The van der Waals surface area contributed by atoms with Crippen molar-refractivity contribution in [1.29, 1.82) is 5.26 Å². The molecule has 0 atom stereocenters. The van der Waals surface area contributed by atoms with Gasteiger partial charge < -0.3 is 0 Å². The molecule has 0 aromatic heterocycles. The van der Waals surface area contributed by atoms with Gasteiger partial charge >= 0.3 is 12.4 Å². The number of halogens is 6. The van der Waals surface area contributed by atoms with E-state index in [1.54, 1.807) is 38.1 Å². The van der Waals surface area contributed by atoms with Crippen molar-refractivity contribution >= 4 is 5.57 Å². The Bertz CT molecular complexity index is 931. The second-order valence-corrected chi connectivity index (χ2v) is 6.06. The molecule has 7 heteroatoms. The standard InChI is InChI=1S/C20H15F6N.2C2H6.C2H4/c1-12(11-27)13(2)17-6-4-3-5-14(17)9-15-10-16(19(21,22)23)7-8-18(15)20(24,25)26;3*1-2/h3-8,10H,9H2,1-2H3;2*1-2H3;1-2H2/b13-12-;;;. The van der Waals surface area contributed by atoms with E-state index < -0.39 is 29.0 Å². The van der Waals surface area contributed by atoms with Crippen LogP contribution >= 0.6 is 0 Å². The fraction of sp³-hybridized carbons (Fsp3) is 0.346. The molecule has 0 spiro atoms. The minimum Gasteiger partial charge on any atom is -0.193 e. The van der Waals surface area contributed by atoms with Gasteiger partial charge in [0.05, 0.1) is 17.2 Å². The summed E-state index contributed by atoms with van der Waals surface area (Å²) in [6.07, 6.45) is -9.86. The van der Waals surface area contributed by atoms with E-state index in [4.69, 9.17) is 5.26 Å². The number of hydrogen-bond donors (Lipinski definition) is 0. The van der Waals surface area contributed by atoms with Crippen molar-refractivity contribution in [1.82, 2.24) is 0 Å². The number of nitriles is 1. The summed E-state index contributed by atoms with van der Waals surface area (Å²) in [5.74, 6) is 0. The first-order chi connectivity index (χ1) is 15.4. The van der Waals surface area contributed by atoms with E-state index >= 15 is 0 Å². The second kappa shape index (κ2) is 14.9. The van der Waals surface area contributed by atoms with E-state index in [9.17, 15) is 26.3 Å². The molecule has 2 aromatic rings. The summed E-state index contributed by atoms with van der Waals surface area (Å²) in [6, 6.07) is 9.83. The van der Waals surface area contributed by atoms with Gasteiger partial charge in [-0.15, -0.1) is 13.2 Å². The number of benzene rings is 2. The zero-order valence-corrected chi connectivity index (χ0v) is 19.9. The van der Waals surface area contributed by atoms with Gasteiger partial charge in [-0.2, -0.15) is 31.6 Å². The molecule has 1 nitrogen and oxygen atoms in total. The molecule has 0 aliphatic carbocycles. The molecule has 33 heavy (non-hydrogen) atoms. The van der Waals surface area contributed by atoms with Crippen LogP contribution in [-0.4, -0.2) is 0 Å². The van der Waals surface area contributed by atoms with Crippen LogP contribution in [0.5, 0.6) is 0 Å². The topological polar surface area (TPSA) is 23.8 Å². The van der Waals surface area contributed by atoms with Crippen LogP contribution in [0.15, 0.2) is 61.2 Å². The van der Waals surface area contributed by atoms with E-state index in [0.717, 1.165) is 0 Å². The van der Waals surface area contributed by atoms with E-state index in [0.29, 0.717) is 40.5 Å². The lowest BCUT2D eigenvalue weighted by Crippen LogP contribution is -2.13. The molecule has 0 fully saturated rings. The third-order valence-corrected chi connectivity index (χ3v) is 4.27. The lowest BCUT2D eigenvalue weighted by Gasteiger charge is -2.17. The van der Waals surface area contributed by atoms with Gasteiger partial charge in [-0.1, -0.05) is 52.0 Å². The van der Waals surface area contributed by atoms with Crippen molar-refractivity contribution < 1.29 is 26.3 Å². The van der Waals surface area contributed by atoms with Crippen LogP contribution in [0.1, 0.15) is 69.4 Å². The van der Waals surface area contributed by atoms with Crippen LogP contribution in [0.4, 0.5) is 26.3 Å². The van der Waals surface area contributed by atoms with Crippen LogP contribution in [-0.2, 0) is 18.8 Å². The summed E-state index contributed by atoms with van der Waals surface area (Å²) < 4.78 is 78.8. The van der Waals surface area contributed by atoms with Gasteiger partial charge in [0.1, 0.15) is 0 Å². The summed E-state index contributed by atoms with van der Waals surface area (Å²) in [4.78, 5) is 0. The van der Waals surface area contributed by atoms with Gasteiger partial charge in [0.25, 0.3) is 0 Å². The zero-order valence-electron chi connectivity index (χ0n) is 19.9. The van der Waals surface area contributed by atoms with Gasteiger partial charge in [-0.05, 0) is 60.7 Å². The van der Waals surface area contributed by atoms with Crippen LogP contribution in [0, 0.1) is 11.3 Å². The molecular weight excluding hydrogens is 440 g/mol. The normalized spacial score (nSPS) is 11.2. The van der Waals surface area contributed by atoms with Crippen LogP contribution in [0.3, 0.4) is 0 Å². The SMILES string of the molecule is C/C(C#N)=C(\C)c1ccccc1Cc1cc(C(F)(F)F)ccc1C(F)(F)F.C=C.CC.CC. The summed E-state index contributed by atoms with van der Waals surface area (Å²) in [7, 11) is 0.